The lowest BCUT2D eigenvalue weighted by Crippen LogP contribution is -2.27. The summed E-state index contributed by atoms with van der Waals surface area (Å²) in [5, 5.41) is 3.62. The van der Waals surface area contributed by atoms with E-state index in [1.807, 2.05) is 0 Å². The van der Waals surface area contributed by atoms with Crippen LogP contribution in [0.15, 0.2) is 24.3 Å². The van der Waals surface area contributed by atoms with Crippen molar-refractivity contribution < 1.29 is 0 Å². The number of benzene rings is 1. The molecule has 3 rings (SSSR count). The first kappa shape index (κ1) is 15.1. The molecule has 0 bridgehead atoms. The fraction of sp³-hybridized carbons (Fsp3) is 0.700. The standard InChI is InChI=1S/C20H31N/c1-2-21-15-17-9-4-3-5-12-19(17)20-14-7-6-13-18(20)16-10-8-11-16/h6-7,13-14,16-17,19,21H,2-5,8-12,15H2,1H3. The van der Waals surface area contributed by atoms with Gasteiger partial charge in [0, 0.05) is 0 Å². The van der Waals surface area contributed by atoms with Gasteiger partial charge in [0.25, 0.3) is 0 Å². The third-order valence-electron chi connectivity index (χ3n) is 5.76. The molecule has 1 nitrogen and oxygen atoms in total. The Morgan fingerprint density at radius 1 is 0.905 bits per heavy atom. The van der Waals surface area contributed by atoms with E-state index >= 15 is 0 Å². The molecular formula is C20H31N. The largest absolute Gasteiger partial charge is 0.317 e. The van der Waals surface area contributed by atoms with Crippen LogP contribution in [0, 0.1) is 5.92 Å². The summed E-state index contributed by atoms with van der Waals surface area (Å²) in [6.07, 6.45) is 11.4. The first-order chi connectivity index (χ1) is 10.4. The minimum atomic E-state index is 0.795. The average molecular weight is 285 g/mol. The molecule has 0 amide bonds. The molecule has 2 aliphatic rings. The van der Waals surface area contributed by atoms with Crippen molar-refractivity contribution in [2.75, 3.05) is 13.1 Å². The first-order valence-electron chi connectivity index (χ1n) is 9.19. The highest BCUT2D eigenvalue weighted by Gasteiger charge is 2.29. The summed E-state index contributed by atoms with van der Waals surface area (Å²) in [7, 11) is 0. The fourth-order valence-corrected chi connectivity index (χ4v) is 4.31. The van der Waals surface area contributed by atoms with Crippen LogP contribution in [0.1, 0.15) is 81.3 Å². The quantitative estimate of drug-likeness (QED) is 0.731. The molecule has 1 N–H and O–H groups in total. The van der Waals surface area contributed by atoms with Crippen LogP contribution < -0.4 is 5.32 Å². The zero-order valence-corrected chi connectivity index (χ0v) is 13.6. The lowest BCUT2D eigenvalue weighted by Gasteiger charge is -2.33. The van der Waals surface area contributed by atoms with Crippen molar-refractivity contribution in [1.82, 2.24) is 5.32 Å². The van der Waals surface area contributed by atoms with Gasteiger partial charge in [-0.1, -0.05) is 56.9 Å². The maximum atomic E-state index is 3.62. The second-order valence-electron chi connectivity index (χ2n) is 7.07. The van der Waals surface area contributed by atoms with Crippen LogP contribution in [0.2, 0.25) is 0 Å². The summed E-state index contributed by atoms with van der Waals surface area (Å²) in [6, 6.07) is 9.40. The lowest BCUT2D eigenvalue weighted by atomic mass is 9.73. The Morgan fingerprint density at radius 3 is 2.38 bits per heavy atom. The van der Waals surface area contributed by atoms with Crippen LogP contribution in [0.5, 0.6) is 0 Å². The molecule has 21 heavy (non-hydrogen) atoms. The summed E-state index contributed by atoms with van der Waals surface area (Å²) < 4.78 is 0. The normalized spacial score (nSPS) is 27.1. The Balaban J connectivity index is 1.84. The van der Waals surface area contributed by atoms with Crippen LogP contribution in [0.4, 0.5) is 0 Å². The van der Waals surface area contributed by atoms with E-state index in [1.165, 1.54) is 57.9 Å². The number of hydrogen-bond acceptors (Lipinski definition) is 1. The zero-order valence-electron chi connectivity index (χ0n) is 13.6. The fourth-order valence-electron chi connectivity index (χ4n) is 4.31. The van der Waals surface area contributed by atoms with Gasteiger partial charge < -0.3 is 5.32 Å². The SMILES string of the molecule is CCNCC1CCCCCC1c1ccccc1C1CCC1. The molecule has 2 fully saturated rings. The Morgan fingerprint density at radius 2 is 1.67 bits per heavy atom. The summed E-state index contributed by atoms with van der Waals surface area (Å²) in [5.41, 5.74) is 3.39. The first-order valence-corrected chi connectivity index (χ1v) is 9.19. The van der Waals surface area contributed by atoms with E-state index in [9.17, 15) is 0 Å². The van der Waals surface area contributed by atoms with Crippen LogP contribution in [0.3, 0.4) is 0 Å². The highest BCUT2D eigenvalue weighted by atomic mass is 14.8. The van der Waals surface area contributed by atoms with Crippen molar-refractivity contribution in [3.63, 3.8) is 0 Å². The van der Waals surface area contributed by atoms with Gasteiger partial charge in [-0.2, -0.15) is 0 Å². The van der Waals surface area contributed by atoms with Gasteiger partial charge in [0.2, 0.25) is 0 Å². The summed E-state index contributed by atoms with van der Waals surface area (Å²) in [5.74, 6) is 2.50. The van der Waals surface area contributed by atoms with E-state index < -0.39 is 0 Å². The van der Waals surface area contributed by atoms with Crippen LogP contribution in [-0.2, 0) is 0 Å². The lowest BCUT2D eigenvalue weighted by molar-refractivity contribution is 0.366. The molecule has 0 radical (unpaired) electrons. The number of nitrogens with one attached hydrogen (secondary N) is 1. The van der Waals surface area contributed by atoms with Gasteiger partial charge in [-0.15, -0.1) is 0 Å². The van der Waals surface area contributed by atoms with Crippen molar-refractivity contribution in [2.45, 2.75) is 70.1 Å². The summed E-state index contributed by atoms with van der Waals surface area (Å²) in [6.45, 7) is 4.54. The molecule has 2 aliphatic carbocycles. The molecule has 0 aromatic heterocycles. The van der Waals surface area contributed by atoms with Crippen LogP contribution >= 0.6 is 0 Å². The summed E-state index contributed by atoms with van der Waals surface area (Å²) in [4.78, 5) is 0. The predicted octanol–water partition coefficient (Wildman–Crippen LogP) is 5.23. The third kappa shape index (κ3) is 3.51. The van der Waals surface area contributed by atoms with Crippen molar-refractivity contribution in [3.05, 3.63) is 35.4 Å². The second-order valence-corrected chi connectivity index (χ2v) is 7.07. The van der Waals surface area contributed by atoms with Gasteiger partial charge in [0.1, 0.15) is 0 Å². The highest BCUT2D eigenvalue weighted by Crippen LogP contribution is 2.44. The van der Waals surface area contributed by atoms with Gasteiger partial charge in [-0.3, -0.25) is 0 Å². The van der Waals surface area contributed by atoms with E-state index in [1.54, 1.807) is 11.1 Å². The topological polar surface area (TPSA) is 12.0 Å². The zero-order chi connectivity index (χ0) is 14.5. The molecular weight excluding hydrogens is 254 g/mol. The van der Waals surface area contributed by atoms with E-state index in [-0.39, 0.29) is 0 Å². The monoisotopic (exact) mass is 285 g/mol. The summed E-state index contributed by atoms with van der Waals surface area (Å²) >= 11 is 0. The van der Waals surface area contributed by atoms with Crippen molar-refractivity contribution >= 4 is 0 Å². The molecule has 0 aliphatic heterocycles. The van der Waals surface area contributed by atoms with Crippen molar-refractivity contribution in [2.24, 2.45) is 5.92 Å². The molecule has 0 saturated heterocycles. The third-order valence-corrected chi connectivity index (χ3v) is 5.76. The number of hydrogen-bond donors (Lipinski definition) is 1. The van der Waals surface area contributed by atoms with Crippen LogP contribution in [-0.4, -0.2) is 13.1 Å². The van der Waals surface area contributed by atoms with E-state index in [0.717, 1.165) is 24.3 Å². The van der Waals surface area contributed by atoms with Gasteiger partial charge >= 0.3 is 0 Å². The molecule has 2 saturated carbocycles. The van der Waals surface area contributed by atoms with Gasteiger partial charge in [-0.05, 0) is 67.7 Å². The molecule has 0 spiro atoms. The Bertz CT molecular complexity index is 435. The van der Waals surface area contributed by atoms with Gasteiger partial charge in [0.05, 0.1) is 0 Å². The van der Waals surface area contributed by atoms with Gasteiger partial charge in [0.15, 0.2) is 0 Å². The van der Waals surface area contributed by atoms with E-state index in [0.29, 0.717) is 0 Å². The molecule has 116 valence electrons. The predicted molar refractivity (Wildman–Crippen MR) is 90.9 cm³/mol. The average Bonchev–Trinajstić information content (AvgIpc) is 2.69. The Labute approximate surface area is 130 Å². The molecule has 2 atom stereocenters. The molecule has 0 heterocycles. The maximum Gasteiger partial charge on any atom is -0.00148 e. The van der Waals surface area contributed by atoms with Crippen LogP contribution in [0.25, 0.3) is 0 Å². The van der Waals surface area contributed by atoms with Gasteiger partial charge in [-0.25, -0.2) is 0 Å². The highest BCUT2D eigenvalue weighted by molar-refractivity contribution is 5.35. The maximum absolute atomic E-state index is 3.62. The molecule has 1 aromatic carbocycles. The minimum Gasteiger partial charge on any atom is -0.317 e. The second kappa shape index (κ2) is 7.45. The molecule has 1 aromatic rings. The number of rotatable bonds is 5. The molecule has 2 unspecified atom stereocenters. The van der Waals surface area contributed by atoms with E-state index in [4.69, 9.17) is 0 Å². The van der Waals surface area contributed by atoms with E-state index in [2.05, 4.69) is 36.5 Å². The van der Waals surface area contributed by atoms with Crippen molar-refractivity contribution in [3.8, 4) is 0 Å². The van der Waals surface area contributed by atoms with Crippen molar-refractivity contribution in [1.29, 1.82) is 0 Å². The Kier molecular flexibility index (Phi) is 5.35. The minimum absolute atomic E-state index is 0.795. The Hall–Kier alpha value is -0.820. The molecule has 1 heteroatoms. The smallest absolute Gasteiger partial charge is 0.00148 e.